The minimum Gasteiger partial charge on any atom is -0.481 e. The molecule has 1 aromatic carbocycles. The van der Waals surface area contributed by atoms with Crippen molar-refractivity contribution in [3.05, 3.63) is 47.0 Å². The molecule has 0 spiro atoms. The number of carboxylic acids is 1. The molecule has 0 radical (unpaired) electrons. The highest BCUT2D eigenvalue weighted by atomic mass is 79.9. The minimum atomic E-state index is -0.800. The average molecular weight is 327 g/mol. The summed E-state index contributed by atoms with van der Waals surface area (Å²) in [6.45, 7) is 4.77. The Morgan fingerprint density at radius 2 is 2.05 bits per heavy atom. The fraction of sp³-hybridized carbons (Fsp3) is 0.400. The van der Waals surface area contributed by atoms with E-state index in [2.05, 4.69) is 22.5 Å². The number of carbonyl (C=O) groups is 1. The summed E-state index contributed by atoms with van der Waals surface area (Å²) in [5, 5.41) is 8.84. The van der Waals surface area contributed by atoms with E-state index < -0.39 is 11.9 Å². The number of rotatable bonds is 9. The van der Waals surface area contributed by atoms with E-state index in [-0.39, 0.29) is 0 Å². The third kappa shape index (κ3) is 6.55. The molecule has 0 bridgehead atoms. The molecule has 0 amide bonds. The lowest BCUT2D eigenvalue weighted by Crippen LogP contribution is -2.10. The second-order valence-corrected chi connectivity index (χ2v) is 5.27. The van der Waals surface area contributed by atoms with Gasteiger partial charge < -0.3 is 9.84 Å². The first-order valence-corrected chi connectivity index (χ1v) is 7.10. The average Bonchev–Trinajstić information content (AvgIpc) is 2.39. The van der Waals surface area contributed by atoms with Crippen LogP contribution < -0.4 is 0 Å². The maximum Gasteiger partial charge on any atom is 0.310 e. The van der Waals surface area contributed by atoms with Gasteiger partial charge in [-0.2, -0.15) is 0 Å². The molecule has 1 atom stereocenters. The summed E-state index contributed by atoms with van der Waals surface area (Å²) in [6, 6.07) is 8.00. The van der Waals surface area contributed by atoms with Crippen molar-refractivity contribution in [1.82, 2.24) is 0 Å². The molecular formula is C15H19BrO3. The number of ether oxygens (including phenoxy) is 1. The van der Waals surface area contributed by atoms with Crippen molar-refractivity contribution in [2.75, 3.05) is 6.61 Å². The predicted octanol–water partition coefficient (Wildman–Crippen LogP) is 4.02. The van der Waals surface area contributed by atoms with Crippen LogP contribution in [0.25, 0.3) is 0 Å². The highest BCUT2D eigenvalue weighted by molar-refractivity contribution is 9.10. The van der Waals surface area contributed by atoms with Gasteiger partial charge in [-0.1, -0.05) is 34.1 Å². The highest BCUT2D eigenvalue weighted by Crippen LogP contribution is 2.12. The van der Waals surface area contributed by atoms with Gasteiger partial charge in [-0.3, -0.25) is 4.79 Å². The van der Waals surface area contributed by atoms with Crippen LogP contribution in [-0.4, -0.2) is 17.7 Å². The number of unbranched alkanes of at least 4 members (excludes halogenated alkanes) is 1. The molecule has 0 aromatic heterocycles. The monoisotopic (exact) mass is 326 g/mol. The number of hydrogen-bond donors (Lipinski definition) is 1. The van der Waals surface area contributed by atoms with Crippen molar-refractivity contribution >= 4 is 21.9 Å². The molecule has 1 N–H and O–H groups in total. The van der Waals surface area contributed by atoms with Crippen molar-refractivity contribution in [2.24, 2.45) is 5.92 Å². The van der Waals surface area contributed by atoms with Gasteiger partial charge in [0.05, 0.1) is 12.5 Å². The van der Waals surface area contributed by atoms with Crippen molar-refractivity contribution in [3.63, 3.8) is 0 Å². The molecule has 104 valence electrons. The van der Waals surface area contributed by atoms with Gasteiger partial charge in [0.2, 0.25) is 0 Å². The Morgan fingerprint density at radius 1 is 1.37 bits per heavy atom. The fourth-order valence-corrected chi connectivity index (χ4v) is 1.95. The van der Waals surface area contributed by atoms with Crippen molar-refractivity contribution in [2.45, 2.75) is 25.9 Å². The highest BCUT2D eigenvalue weighted by Gasteiger charge is 2.11. The maximum absolute atomic E-state index is 10.8. The Bertz CT molecular complexity index is 400. The van der Waals surface area contributed by atoms with E-state index in [1.54, 1.807) is 0 Å². The zero-order valence-corrected chi connectivity index (χ0v) is 12.4. The van der Waals surface area contributed by atoms with E-state index in [1.807, 2.05) is 24.3 Å². The minimum absolute atomic E-state index is 0.438. The molecule has 0 aliphatic rings. The van der Waals surface area contributed by atoms with Gasteiger partial charge in [0.15, 0.2) is 0 Å². The summed E-state index contributed by atoms with van der Waals surface area (Å²) in [4.78, 5) is 10.8. The van der Waals surface area contributed by atoms with E-state index in [4.69, 9.17) is 9.84 Å². The van der Waals surface area contributed by atoms with E-state index in [0.717, 1.165) is 22.9 Å². The SMILES string of the molecule is C=CC(CCCCOCc1ccc(Br)cc1)C(=O)O. The van der Waals surface area contributed by atoms with Crippen molar-refractivity contribution in [3.8, 4) is 0 Å². The van der Waals surface area contributed by atoms with Crippen molar-refractivity contribution < 1.29 is 14.6 Å². The molecule has 0 heterocycles. The molecule has 1 aromatic rings. The summed E-state index contributed by atoms with van der Waals surface area (Å²) in [6.07, 6.45) is 3.82. The normalized spacial score (nSPS) is 12.1. The lowest BCUT2D eigenvalue weighted by molar-refractivity contribution is -0.140. The Hall–Kier alpha value is -1.13. The van der Waals surface area contributed by atoms with E-state index >= 15 is 0 Å². The molecule has 1 rings (SSSR count). The predicted molar refractivity (Wildman–Crippen MR) is 79.0 cm³/mol. The Labute approximate surface area is 122 Å². The molecule has 0 aliphatic heterocycles. The van der Waals surface area contributed by atoms with Crippen molar-refractivity contribution in [1.29, 1.82) is 0 Å². The van der Waals surface area contributed by atoms with E-state index in [9.17, 15) is 4.79 Å². The van der Waals surface area contributed by atoms with Crippen LogP contribution in [-0.2, 0) is 16.1 Å². The molecule has 0 saturated heterocycles. The second kappa shape index (κ2) is 8.88. The molecule has 0 fully saturated rings. The molecule has 4 heteroatoms. The number of aliphatic carboxylic acids is 1. The van der Waals surface area contributed by atoms with Gasteiger partial charge in [0.25, 0.3) is 0 Å². The molecule has 1 unspecified atom stereocenters. The van der Waals surface area contributed by atoms with Crippen LogP contribution in [0.2, 0.25) is 0 Å². The number of carboxylic acid groups (broad SMARTS) is 1. The van der Waals surface area contributed by atoms with Gasteiger partial charge >= 0.3 is 5.97 Å². The Kier molecular flexibility index (Phi) is 7.45. The lowest BCUT2D eigenvalue weighted by atomic mass is 10.0. The first-order valence-electron chi connectivity index (χ1n) is 6.31. The van der Waals surface area contributed by atoms with Gasteiger partial charge in [-0.15, -0.1) is 6.58 Å². The zero-order valence-electron chi connectivity index (χ0n) is 10.8. The van der Waals surface area contributed by atoms with Crippen LogP contribution in [0.15, 0.2) is 41.4 Å². The molecular weight excluding hydrogens is 308 g/mol. The summed E-state index contributed by atoms with van der Waals surface area (Å²) >= 11 is 3.38. The number of halogens is 1. The lowest BCUT2D eigenvalue weighted by Gasteiger charge is -2.07. The third-order valence-electron chi connectivity index (χ3n) is 2.84. The van der Waals surface area contributed by atoms with Gasteiger partial charge in [0, 0.05) is 11.1 Å². The quantitative estimate of drug-likeness (QED) is 0.550. The van der Waals surface area contributed by atoms with Gasteiger partial charge in [-0.25, -0.2) is 0 Å². The van der Waals surface area contributed by atoms with Gasteiger partial charge in [-0.05, 0) is 37.0 Å². The number of benzene rings is 1. The van der Waals surface area contributed by atoms with E-state index in [0.29, 0.717) is 19.6 Å². The second-order valence-electron chi connectivity index (χ2n) is 4.36. The number of hydrogen-bond acceptors (Lipinski definition) is 2. The molecule has 19 heavy (non-hydrogen) atoms. The van der Waals surface area contributed by atoms with Crippen LogP contribution in [0, 0.1) is 5.92 Å². The van der Waals surface area contributed by atoms with Crippen LogP contribution in [0.4, 0.5) is 0 Å². The first-order chi connectivity index (χ1) is 9.13. The molecule has 3 nitrogen and oxygen atoms in total. The van der Waals surface area contributed by atoms with E-state index in [1.165, 1.54) is 6.08 Å². The Balaban J connectivity index is 2.10. The van der Waals surface area contributed by atoms with Crippen LogP contribution in [0.3, 0.4) is 0 Å². The van der Waals surface area contributed by atoms with Crippen LogP contribution in [0.1, 0.15) is 24.8 Å². The smallest absolute Gasteiger partial charge is 0.310 e. The summed E-state index contributed by atoms with van der Waals surface area (Å²) in [7, 11) is 0. The molecule has 0 saturated carbocycles. The zero-order chi connectivity index (χ0) is 14.1. The third-order valence-corrected chi connectivity index (χ3v) is 3.37. The summed E-state index contributed by atoms with van der Waals surface area (Å²) < 4.78 is 6.60. The summed E-state index contributed by atoms with van der Waals surface area (Å²) in [5.41, 5.74) is 1.14. The maximum atomic E-state index is 10.8. The Morgan fingerprint density at radius 3 is 2.63 bits per heavy atom. The van der Waals surface area contributed by atoms with Crippen LogP contribution in [0.5, 0.6) is 0 Å². The molecule has 0 aliphatic carbocycles. The topological polar surface area (TPSA) is 46.5 Å². The largest absolute Gasteiger partial charge is 0.481 e. The van der Waals surface area contributed by atoms with Gasteiger partial charge in [0.1, 0.15) is 0 Å². The fourth-order valence-electron chi connectivity index (χ4n) is 1.68. The summed E-state index contributed by atoms with van der Waals surface area (Å²) in [5.74, 6) is -1.24. The standard InChI is InChI=1S/C15H19BrO3/c1-2-13(15(17)18)5-3-4-10-19-11-12-6-8-14(16)9-7-12/h2,6-9,13H,1,3-5,10-11H2,(H,17,18). The van der Waals surface area contributed by atoms with Crippen LogP contribution >= 0.6 is 15.9 Å². The first kappa shape index (κ1) is 15.9.